The highest BCUT2D eigenvalue weighted by Gasteiger charge is 2.32. The number of hydrogen-bond acceptors (Lipinski definition) is 3. The molecule has 0 radical (unpaired) electrons. The van der Waals surface area contributed by atoms with Gasteiger partial charge < -0.3 is 5.73 Å². The molecule has 1 aliphatic rings. The van der Waals surface area contributed by atoms with Crippen molar-refractivity contribution >= 4 is 23.7 Å². The van der Waals surface area contributed by atoms with Crippen molar-refractivity contribution in [2.24, 2.45) is 11.7 Å². The molecule has 3 rings (SSSR count). The quantitative estimate of drug-likeness (QED) is 0.938. The highest BCUT2D eigenvalue weighted by Crippen LogP contribution is 2.33. The number of nitrogens with two attached hydrogens (primary N) is 1. The van der Waals surface area contributed by atoms with Crippen LogP contribution in [0.2, 0.25) is 0 Å². The Morgan fingerprint density at radius 1 is 1.10 bits per heavy atom. The molecule has 0 amide bonds. The number of halogens is 1. The Labute approximate surface area is 131 Å². The van der Waals surface area contributed by atoms with Crippen LogP contribution >= 0.6 is 23.7 Å². The number of likely N-dealkylation sites (tertiary alicyclic amines) is 1. The standard InChI is InChI=1S/C16H20N2S.ClH/c17-9-14-10-18(11-15-7-4-8-19-15)12-16(14)13-5-2-1-3-6-13;/h1-8,14,16H,9-12,17H2;1H/t14-,16+;/m1./s1. The van der Waals surface area contributed by atoms with E-state index in [1.807, 2.05) is 11.3 Å². The van der Waals surface area contributed by atoms with E-state index >= 15 is 0 Å². The highest BCUT2D eigenvalue weighted by molar-refractivity contribution is 7.09. The summed E-state index contributed by atoms with van der Waals surface area (Å²) in [4.78, 5) is 3.99. The van der Waals surface area contributed by atoms with Crippen molar-refractivity contribution in [3.05, 3.63) is 58.3 Å². The van der Waals surface area contributed by atoms with E-state index in [-0.39, 0.29) is 12.4 Å². The summed E-state index contributed by atoms with van der Waals surface area (Å²) in [5.41, 5.74) is 7.41. The summed E-state index contributed by atoms with van der Waals surface area (Å²) in [6.45, 7) is 4.09. The number of thiophene rings is 1. The third-order valence-corrected chi connectivity index (χ3v) is 4.87. The minimum absolute atomic E-state index is 0. The number of rotatable bonds is 4. The van der Waals surface area contributed by atoms with E-state index in [1.54, 1.807) is 0 Å². The molecular weight excluding hydrogens is 288 g/mol. The molecule has 108 valence electrons. The SMILES string of the molecule is Cl.NC[C@@H]1CN(Cc2cccs2)C[C@H]1c1ccccc1. The van der Waals surface area contributed by atoms with Crippen LogP contribution in [0.15, 0.2) is 47.8 Å². The molecule has 20 heavy (non-hydrogen) atoms. The van der Waals surface area contributed by atoms with Crippen LogP contribution in [0.25, 0.3) is 0 Å². The number of benzene rings is 1. The lowest BCUT2D eigenvalue weighted by Gasteiger charge is -2.16. The summed E-state index contributed by atoms with van der Waals surface area (Å²) < 4.78 is 0. The van der Waals surface area contributed by atoms with Gasteiger partial charge in [0.25, 0.3) is 0 Å². The van der Waals surface area contributed by atoms with Gasteiger partial charge in [-0.15, -0.1) is 23.7 Å². The topological polar surface area (TPSA) is 29.3 Å². The summed E-state index contributed by atoms with van der Waals surface area (Å²) >= 11 is 1.84. The molecule has 4 heteroatoms. The van der Waals surface area contributed by atoms with Crippen LogP contribution in [0.5, 0.6) is 0 Å². The second-order valence-corrected chi connectivity index (χ2v) is 6.32. The molecule has 0 spiro atoms. The molecule has 2 N–H and O–H groups in total. The average Bonchev–Trinajstić information content (AvgIpc) is 3.09. The van der Waals surface area contributed by atoms with Crippen LogP contribution in [-0.4, -0.2) is 24.5 Å². The molecular formula is C16H21ClN2S. The summed E-state index contributed by atoms with van der Waals surface area (Å²) in [6.07, 6.45) is 0. The van der Waals surface area contributed by atoms with Gasteiger partial charge in [0.1, 0.15) is 0 Å². The first-order chi connectivity index (χ1) is 9.36. The molecule has 0 aliphatic carbocycles. The molecule has 1 aromatic carbocycles. The Balaban J connectivity index is 0.00000147. The molecule has 1 aliphatic heterocycles. The number of hydrogen-bond donors (Lipinski definition) is 1. The largest absolute Gasteiger partial charge is 0.330 e. The molecule has 2 aromatic rings. The molecule has 2 nitrogen and oxygen atoms in total. The van der Waals surface area contributed by atoms with Gasteiger partial charge in [-0.1, -0.05) is 36.4 Å². The first-order valence-electron chi connectivity index (χ1n) is 6.86. The molecule has 1 saturated heterocycles. The average molecular weight is 309 g/mol. The van der Waals surface area contributed by atoms with Gasteiger partial charge in [-0.05, 0) is 29.5 Å². The van der Waals surface area contributed by atoms with Crippen LogP contribution in [-0.2, 0) is 6.54 Å². The monoisotopic (exact) mass is 308 g/mol. The molecule has 1 aromatic heterocycles. The Bertz CT molecular complexity index is 500. The fourth-order valence-corrected chi connectivity index (χ4v) is 3.78. The lowest BCUT2D eigenvalue weighted by molar-refractivity contribution is 0.319. The van der Waals surface area contributed by atoms with Gasteiger partial charge in [-0.2, -0.15) is 0 Å². The Hall–Kier alpha value is -0.870. The van der Waals surface area contributed by atoms with Crippen molar-refractivity contribution in [3.8, 4) is 0 Å². The van der Waals surface area contributed by atoms with Crippen LogP contribution in [0.4, 0.5) is 0 Å². The molecule has 2 atom stereocenters. The molecule has 2 heterocycles. The summed E-state index contributed by atoms with van der Waals surface area (Å²) in [5.74, 6) is 1.17. The molecule has 0 unspecified atom stereocenters. The van der Waals surface area contributed by atoms with E-state index in [9.17, 15) is 0 Å². The Kier molecular flexibility index (Phi) is 5.61. The fourth-order valence-electron chi connectivity index (χ4n) is 3.03. The third-order valence-electron chi connectivity index (χ3n) is 4.01. The van der Waals surface area contributed by atoms with E-state index < -0.39 is 0 Å². The Morgan fingerprint density at radius 2 is 1.90 bits per heavy atom. The van der Waals surface area contributed by atoms with Crippen molar-refractivity contribution in [1.29, 1.82) is 0 Å². The molecule has 0 saturated carbocycles. The van der Waals surface area contributed by atoms with Gasteiger partial charge in [0.05, 0.1) is 0 Å². The fraction of sp³-hybridized carbons (Fsp3) is 0.375. The zero-order chi connectivity index (χ0) is 13.1. The van der Waals surface area contributed by atoms with Gasteiger partial charge in [-0.25, -0.2) is 0 Å². The predicted octanol–water partition coefficient (Wildman–Crippen LogP) is 3.34. The van der Waals surface area contributed by atoms with Gasteiger partial charge in [-0.3, -0.25) is 4.90 Å². The molecule has 0 bridgehead atoms. The van der Waals surface area contributed by atoms with Crippen LogP contribution in [0.3, 0.4) is 0 Å². The second kappa shape index (κ2) is 7.23. The van der Waals surface area contributed by atoms with Crippen molar-refractivity contribution in [1.82, 2.24) is 4.90 Å². The summed E-state index contributed by atoms with van der Waals surface area (Å²) in [5, 5.41) is 2.15. The van der Waals surface area contributed by atoms with Crippen molar-refractivity contribution in [2.75, 3.05) is 19.6 Å². The highest BCUT2D eigenvalue weighted by atomic mass is 35.5. The second-order valence-electron chi connectivity index (χ2n) is 5.29. The van der Waals surface area contributed by atoms with Crippen molar-refractivity contribution < 1.29 is 0 Å². The van der Waals surface area contributed by atoms with E-state index in [0.717, 1.165) is 26.2 Å². The van der Waals surface area contributed by atoms with Gasteiger partial charge in [0.2, 0.25) is 0 Å². The minimum Gasteiger partial charge on any atom is -0.330 e. The van der Waals surface area contributed by atoms with Gasteiger partial charge >= 0.3 is 0 Å². The predicted molar refractivity (Wildman–Crippen MR) is 88.6 cm³/mol. The normalized spacial score (nSPS) is 22.6. The lowest BCUT2D eigenvalue weighted by Crippen LogP contribution is -2.22. The maximum atomic E-state index is 5.97. The summed E-state index contributed by atoms with van der Waals surface area (Å²) in [7, 11) is 0. The first-order valence-corrected chi connectivity index (χ1v) is 7.74. The Morgan fingerprint density at radius 3 is 2.55 bits per heavy atom. The van der Waals surface area contributed by atoms with Crippen LogP contribution in [0, 0.1) is 5.92 Å². The maximum absolute atomic E-state index is 5.97. The molecule has 1 fully saturated rings. The third kappa shape index (κ3) is 3.41. The first kappa shape index (κ1) is 15.5. The van der Waals surface area contributed by atoms with E-state index in [0.29, 0.717) is 11.8 Å². The van der Waals surface area contributed by atoms with E-state index in [4.69, 9.17) is 5.73 Å². The van der Waals surface area contributed by atoms with Crippen molar-refractivity contribution in [3.63, 3.8) is 0 Å². The summed E-state index contributed by atoms with van der Waals surface area (Å²) in [6, 6.07) is 15.2. The zero-order valence-electron chi connectivity index (χ0n) is 11.4. The zero-order valence-corrected chi connectivity index (χ0v) is 13.1. The van der Waals surface area contributed by atoms with Crippen molar-refractivity contribution in [2.45, 2.75) is 12.5 Å². The van der Waals surface area contributed by atoms with Crippen LogP contribution < -0.4 is 5.73 Å². The van der Waals surface area contributed by atoms with E-state index in [2.05, 4.69) is 52.7 Å². The minimum atomic E-state index is 0. The lowest BCUT2D eigenvalue weighted by atomic mass is 9.89. The van der Waals surface area contributed by atoms with Crippen LogP contribution in [0.1, 0.15) is 16.4 Å². The van der Waals surface area contributed by atoms with Gasteiger partial charge in [0.15, 0.2) is 0 Å². The van der Waals surface area contributed by atoms with E-state index in [1.165, 1.54) is 10.4 Å². The maximum Gasteiger partial charge on any atom is 0.0328 e. The van der Waals surface area contributed by atoms with Gasteiger partial charge in [0, 0.05) is 30.4 Å². The number of nitrogens with zero attached hydrogens (tertiary/aromatic N) is 1. The smallest absolute Gasteiger partial charge is 0.0328 e.